The lowest BCUT2D eigenvalue weighted by atomic mass is 10.0. The second kappa shape index (κ2) is 8.22. The number of benzene rings is 2. The third kappa shape index (κ3) is 3.68. The number of nitrogens with zero attached hydrogens (tertiary/aromatic N) is 6. The number of aromatic nitrogens is 5. The van der Waals surface area contributed by atoms with Gasteiger partial charge in [-0.3, -0.25) is 4.40 Å². The van der Waals surface area contributed by atoms with Gasteiger partial charge in [0.05, 0.1) is 24.4 Å². The molecule has 7 nitrogen and oxygen atoms in total. The van der Waals surface area contributed by atoms with Crippen molar-refractivity contribution in [1.82, 2.24) is 24.6 Å². The summed E-state index contributed by atoms with van der Waals surface area (Å²) in [5.41, 5.74) is 5.87. The summed E-state index contributed by atoms with van der Waals surface area (Å²) < 4.78 is 22.1. The molecule has 1 aliphatic rings. The van der Waals surface area contributed by atoms with Crippen molar-refractivity contribution in [1.29, 1.82) is 0 Å². The van der Waals surface area contributed by atoms with Gasteiger partial charge in [0.2, 0.25) is 0 Å². The van der Waals surface area contributed by atoms with E-state index in [0.717, 1.165) is 65.5 Å². The molecule has 2 aromatic carbocycles. The van der Waals surface area contributed by atoms with Crippen molar-refractivity contribution in [3.8, 4) is 11.3 Å². The summed E-state index contributed by atoms with van der Waals surface area (Å²) in [6.45, 7) is 3.19. The first kappa shape index (κ1) is 19.8. The molecule has 0 unspecified atom stereocenters. The topological polar surface area (TPSA) is 68.4 Å². The van der Waals surface area contributed by atoms with Gasteiger partial charge in [0.15, 0.2) is 5.65 Å². The third-order valence-electron chi connectivity index (χ3n) is 6.10. The largest absolute Gasteiger partial charge is 0.378 e. The number of ether oxygens (including phenoxy) is 1. The van der Waals surface area contributed by atoms with E-state index in [1.54, 1.807) is 18.7 Å². The van der Waals surface area contributed by atoms with Crippen LogP contribution >= 0.6 is 0 Å². The Morgan fingerprint density at radius 3 is 2.79 bits per heavy atom. The smallest absolute Gasteiger partial charge is 0.160 e. The molecule has 4 heterocycles. The van der Waals surface area contributed by atoms with Crippen molar-refractivity contribution >= 4 is 22.2 Å². The molecule has 0 N–H and O–H groups in total. The van der Waals surface area contributed by atoms with Gasteiger partial charge in [0.1, 0.15) is 18.5 Å². The van der Waals surface area contributed by atoms with E-state index in [4.69, 9.17) is 4.74 Å². The quantitative estimate of drug-likeness (QED) is 0.422. The van der Waals surface area contributed by atoms with E-state index in [0.29, 0.717) is 12.0 Å². The predicted molar refractivity (Wildman–Crippen MR) is 124 cm³/mol. The highest BCUT2D eigenvalue weighted by Gasteiger charge is 2.15. The van der Waals surface area contributed by atoms with Crippen molar-refractivity contribution in [2.45, 2.75) is 6.42 Å². The SMILES string of the molecule is Fc1ccc(-c2ncnc3cc(N4CCOCC4)ccc23)cc1Cc1cccc2nncn12. The van der Waals surface area contributed by atoms with Crippen LogP contribution in [-0.4, -0.2) is 50.9 Å². The maximum absolute atomic E-state index is 14.8. The third-order valence-corrected chi connectivity index (χ3v) is 6.10. The number of halogens is 1. The Bertz CT molecular complexity index is 1460. The second-order valence-corrected chi connectivity index (χ2v) is 8.08. The summed E-state index contributed by atoms with van der Waals surface area (Å²) in [6.07, 6.45) is 3.64. The molecular formula is C25H21FN6O. The van der Waals surface area contributed by atoms with E-state index in [1.807, 2.05) is 28.7 Å². The first-order chi connectivity index (χ1) is 16.3. The van der Waals surface area contributed by atoms with Gasteiger partial charge < -0.3 is 9.64 Å². The van der Waals surface area contributed by atoms with Gasteiger partial charge in [0, 0.05) is 41.8 Å². The molecule has 1 saturated heterocycles. The van der Waals surface area contributed by atoms with Crippen molar-refractivity contribution in [3.63, 3.8) is 0 Å². The predicted octanol–water partition coefficient (Wildman–Crippen LogP) is 3.91. The van der Waals surface area contributed by atoms with Crippen LogP contribution < -0.4 is 4.90 Å². The van der Waals surface area contributed by atoms with Gasteiger partial charge in [-0.2, -0.15) is 0 Å². The Hall–Kier alpha value is -3.91. The van der Waals surface area contributed by atoms with E-state index in [1.165, 1.54) is 6.07 Å². The Kier molecular flexibility index (Phi) is 4.92. The number of hydrogen-bond acceptors (Lipinski definition) is 6. The van der Waals surface area contributed by atoms with Crippen molar-refractivity contribution < 1.29 is 9.13 Å². The van der Waals surface area contributed by atoms with Crippen molar-refractivity contribution in [2.24, 2.45) is 0 Å². The number of hydrogen-bond donors (Lipinski definition) is 0. The normalized spacial score (nSPS) is 14.3. The molecule has 0 amide bonds. The standard InChI is InChI=1S/C25H21FN6O/c26-22-7-4-17(12-18(22)13-20-2-1-3-24-30-29-16-32(20)24)25-21-6-5-19(14-23(21)27-15-28-25)31-8-10-33-11-9-31/h1-7,12,14-16H,8-11,13H2. The molecule has 8 heteroatoms. The minimum atomic E-state index is -0.253. The van der Waals surface area contributed by atoms with E-state index in [-0.39, 0.29) is 5.82 Å². The van der Waals surface area contributed by atoms with Crippen LogP contribution in [0.1, 0.15) is 11.3 Å². The zero-order valence-corrected chi connectivity index (χ0v) is 17.9. The first-order valence-electron chi connectivity index (χ1n) is 10.9. The molecule has 1 fully saturated rings. The van der Waals surface area contributed by atoms with Crippen LogP contribution in [0.4, 0.5) is 10.1 Å². The van der Waals surface area contributed by atoms with Crippen LogP contribution in [0.3, 0.4) is 0 Å². The van der Waals surface area contributed by atoms with Crippen LogP contribution in [0.15, 0.2) is 67.3 Å². The number of rotatable bonds is 4. The second-order valence-electron chi connectivity index (χ2n) is 8.08. The molecule has 0 aliphatic carbocycles. The molecule has 0 saturated carbocycles. The zero-order chi connectivity index (χ0) is 22.2. The summed E-state index contributed by atoms with van der Waals surface area (Å²) in [7, 11) is 0. The van der Waals surface area contributed by atoms with Crippen molar-refractivity contribution in [3.05, 3.63) is 84.3 Å². The molecule has 1 aliphatic heterocycles. The molecule has 3 aromatic heterocycles. The lowest BCUT2D eigenvalue weighted by molar-refractivity contribution is 0.122. The first-order valence-corrected chi connectivity index (χ1v) is 10.9. The van der Waals surface area contributed by atoms with Gasteiger partial charge in [-0.25, -0.2) is 14.4 Å². The highest BCUT2D eigenvalue weighted by molar-refractivity contribution is 5.94. The van der Waals surface area contributed by atoms with Crippen LogP contribution in [0, 0.1) is 5.82 Å². The lowest BCUT2D eigenvalue weighted by Gasteiger charge is -2.29. The summed E-state index contributed by atoms with van der Waals surface area (Å²) >= 11 is 0. The van der Waals surface area contributed by atoms with Crippen LogP contribution in [0.5, 0.6) is 0 Å². The van der Waals surface area contributed by atoms with Crippen molar-refractivity contribution in [2.75, 3.05) is 31.2 Å². The van der Waals surface area contributed by atoms with E-state index < -0.39 is 0 Å². The fourth-order valence-corrected chi connectivity index (χ4v) is 4.39. The summed E-state index contributed by atoms with van der Waals surface area (Å²) in [4.78, 5) is 11.3. The lowest BCUT2D eigenvalue weighted by Crippen LogP contribution is -2.36. The Balaban J connectivity index is 1.38. The number of morpholine rings is 1. The fraction of sp³-hybridized carbons (Fsp3) is 0.200. The summed E-state index contributed by atoms with van der Waals surface area (Å²) in [5, 5.41) is 8.97. The van der Waals surface area contributed by atoms with E-state index in [9.17, 15) is 4.39 Å². The minimum absolute atomic E-state index is 0.253. The summed E-state index contributed by atoms with van der Waals surface area (Å²) in [6, 6.07) is 17.1. The Morgan fingerprint density at radius 2 is 1.88 bits per heavy atom. The Labute approximate surface area is 189 Å². The number of pyridine rings is 1. The molecule has 0 spiro atoms. The number of fused-ring (bicyclic) bond motifs is 2. The molecule has 0 atom stereocenters. The van der Waals surface area contributed by atoms with Gasteiger partial charge in [-0.1, -0.05) is 6.07 Å². The molecular weight excluding hydrogens is 419 g/mol. The van der Waals surface area contributed by atoms with Gasteiger partial charge in [0.25, 0.3) is 0 Å². The average molecular weight is 440 g/mol. The van der Waals surface area contributed by atoms with E-state index >= 15 is 0 Å². The van der Waals surface area contributed by atoms with Crippen LogP contribution in [0.25, 0.3) is 27.8 Å². The van der Waals surface area contributed by atoms with Gasteiger partial charge in [-0.15, -0.1) is 10.2 Å². The van der Waals surface area contributed by atoms with Gasteiger partial charge in [-0.05, 0) is 54.1 Å². The molecule has 164 valence electrons. The average Bonchev–Trinajstić information content (AvgIpc) is 3.35. The monoisotopic (exact) mass is 440 g/mol. The highest BCUT2D eigenvalue weighted by atomic mass is 19.1. The molecule has 0 radical (unpaired) electrons. The summed E-state index contributed by atoms with van der Waals surface area (Å²) in [5.74, 6) is -0.253. The molecule has 5 aromatic rings. The maximum Gasteiger partial charge on any atom is 0.160 e. The molecule has 33 heavy (non-hydrogen) atoms. The molecule has 0 bridgehead atoms. The van der Waals surface area contributed by atoms with E-state index in [2.05, 4.69) is 43.3 Å². The zero-order valence-electron chi connectivity index (χ0n) is 17.9. The minimum Gasteiger partial charge on any atom is -0.378 e. The van der Waals surface area contributed by atoms with Crippen LogP contribution in [0.2, 0.25) is 0 Å². The molecule has 6 rings (SSSR count). The highest BCUT2D eigenvalue weighted by Crippen LogP contribution is 2.30. The maximum atomic E-state index is 14.8. The van der Waals surface area contributed by atoms with Gasteiger partial charge >= 0.3 is 0 Å². The fourth-order valence-electron chi connectivity index (χ4n) is 4.39. The number of anilines is 1. The Morgan fingerprint density at radius 1 is 0.970 bits per heavy atom. The van der Waals surface area contributed by atoms with Crippen LogP contribution in [-0.2, 0) is 11.2 Å².